The highest BCUT2D eigenvalue weighted by Gasteiger charge is 2.17. The van der Waals surface area contributed by atoms with E-state index < -0.39 is 10.0 Å². The van der Waals surface area contributed by atoms with E-state index in [0.717, 1.165) is 16.8 Å². The molecule has 36 heavy (non-hydrogen) atoms. The maximum atomic E-state index is 12.8. The van der Waals surface area contributed by atoms with E-state index in [9.17, 15) is 8.42 Å². The van der Waals surface area contributed by atoms with Crippen molar-refractivity contribution in [2.75, 3.05) is 17.1 Å². The third-order valence-electron chi connectivity index (χ3n) is 5.55. The highest BCUT2D eigenvalue weighted by atomic mass is 35.5. The number of rotatable bonds is 8. The molecule has 0 unspecified atom stereocenters. The molecule has 0 amide bonds. The van der Waals surface area contributed by atoms with Gasteiger partial charge in [-0.1, -0.05) is 35.9 Å². The molecule has 0 aliphatic heterocycles. The van der Waals surface area contributed by atoms with Crippen LogP contribution in [0.15, 0.2) is 96.0 Å². The van der Waals surface area contributed by atoms with E-state index in [1.54, 1.807) is 49.7 Å². The van der Waals surface area contributed by atoms with Gasteiger partial charge in [0.05, 0.1) is 34.8 Å². The Morgan fingerprint density at radius 1 is 0.944 bits per heavy atom. The van der Waals surface area contributed by atoms with Gasteiger partial charge >= 0.3 is 0 Å². The van der Waals surface area contributed by atoms with Gasteiger partial charge in [-0.15, -0.1) is 0 Å². The van der Waals surface area contributed by atoms with Crippen LogP contribution in [0.25, 0.3) is 11.0 Å². The number of sulfonamides is 1. The number of ether oxygens (including phenoxy) is 1. The van der Waals surface area contributed by atoms with Crippen LogP contribution in [0, 0.1) is 0 Å². The maximum Gasteiger partial charge on any atom is 0.261 e. The van der Waals surface area contributed by atoms with E-state index in [2.05, 4.69) is 15.0 Å². The minimum absolute atomic E-state index is 0.112. The third-order valence-corrected chi connectivity index (χ3v) is 7.26. The van der Waals surface area contributed by atoms with Crippen LogP contribution in [0.4, 0.5) is 17.2 Å². The zero-order valence-corrected chi connectivity index (χ0v) is 20.8. The average Bonchev–Trinajstić information content (AvgIpc) is 3.23. The summed E-state index contributed by atoms with van der Waals surface area (Å²) < 4.78 is 35.2. The summed E-state index contributed by atoms with van der Waals surface area (Å²) >= 11 is 6.09. The molecule has 5 aromatic rings. The van der Waals surface area contributed by atoms with Crippen molar-refractivity contribution in [3.05, 3.63) is 102 Å². The van der Waals surface area contributed by atoms with Crippen LogP contribution in [0.1, 0.15) is 5.56 Å². The van der Waals surface area contributed by atoms with Gasteiger partial charge in [0.25, 0.3) is 10.0 Å². The van der Waals surface area contributed by atoms with Gasteiger partial charge in [0, 0.05) is 11.9 Å². The van der Waals surface area contributed by atoms with Crippen LogP contribution in [0.3, 0.4) is 0 Å². The van der Waals surface area contributed by atoms with Gasteiger partial charge in [0.1, 0.15) is 11.3 Å². The molecule has 0 saturated carbocycles. The lowest BCUT2D eigenvalue weighted by atomic mass is 10.2. The summed E-state index contributed by atoms with van der Waals surface area (Å²) in [4.78, 5) is 4.61. The number of fused-ring (bicyclic) bond motifs is 1. The minimum Gasteiger partial charge on any atom is -0.497 e. The fraction of sp³-hybridized carbons (Fsp3) is 0.0769. The van der Waals surface area contributed by atoms with Crippen LogP contribution in [0.5, 0.6) is 5.75 Å². The van der Waals surface area contributed by atoms with Gasteiger partial charge < -0.3 is 10.1 Å². The molecule has 0 spiro atoms. The summed E-state index contributed by atoms with van der Waals surface area (Å²) in [5.41, 5.74) is 3.65. The first kappa shape index (κ1) is 23.7. The second-order valence-electron chi connectivity index (χ2n) is 7.96. The Morgan fingerprint density at radius 3 is 2.42 bits per heavy atom. The molecule has 0 saturated heterocycles. The molecule has 0 atom stereocenters. The van der Waals surface area contributed by atoms with E-state index in [4.69, 9.17) is 21.4 Å². The van der Waals surface area contributed by atoms with Crippen molar-refractivity contribution in [2.45, 2.75) is 11.4 Å². The van der Waals surface area contributed by atoms with Crippen molar-refractivity contribution in [2.24, 2.45) is 0 Å². The molecule has 0 fully saturated rings. The number of benzene rings is 3. The summed E-state index contributed by atoms with van der Waals surface area (Å²) in [5.74, 6) is 1.37. The Bertz CT molecular complexity index is 1620. The summed E-state index contributed by atoms with van der Waals surface area (Å²) in [7, 11) is -2.16. The predicted octanol–water partition coefficient (Wildman–Crippen LogP) is 5.69. The fourth-order valence-electron chi connectivity index (χ4n) is 3.72. The number of hydrogen-bond acceptors (Lipinski definition) is 6. The zero-order chi connectivity index (χ0) is 25.1. The van der Waals surface area contributed by atoms with Crippen molar-refractivity contribution in [3.8, 4) is 5.75 Å². The number of hydrogen-bond donors (Lipinski definition) is 2. The summed E-state index contributed by atoms with van der Waals surface area (Å²) in [6, 6.07) is 24.7. The molecule has 2 aromatic heterocycles. The number of nitrogens with zero attached hydrogens (tertiary/aromatic N) is 3. The number of anilines is 3. The first-order chi connectivity index (χ1) is 17.4. The standard InChI is InChI=1S/C26H22ClN5O3S/c1-35-20-12-8-18(9-13-20)17-32-24-7-4-16-28-25(24)26(30-32)29-19-10-14-21(15-11-19)36(33,34)31-23-6-3-2-5-22(23)27/h2-16,31H,17H2,1H3,(H,29,30). The quantitative estimate of drug-likeness (QED) is 0.273. The molecule has 10 heteroatoms. The molecule has 2 N–H and O–H groups in total. The number of nitrogens with one attached hydrogen (secondary N) is 2. The van der Waals surface area contributed by atoms with Crippen molar-refractivity contribution in [1.29, 1.82) is 0 Å². The predicted molar refractivity (Wildman–Crippen MR) is 142 cm³/mol. The number of pyridine rings is 1. The molecular weight excluding hydrogens is 498 g/mol. The number of methoxy groups -OCH3 is 1. The molecular formula is C26H22ClN5O3S. The normalized spacial score (nSPS) is 11.4. The van der Waals surface area contributed by atoms with Crippen LogP contribution in [-0.4, -0.2) is 30.3 Å². The number of halogens is 1. The lowest BCUT2D eigenvalue weighted by Crippen LogP contribution is -2.13. The lowest BCUT2D eigenvalue weighted by Gasteiger charge is -2.10. The Morgan fingerprint density at radius 2 is 1.69 bits per heavy atom. The Kier molecular flexibility index (Phi) is 6.49. The topological polar surface area (TPSA) is 98.1 Å². The average molecular weight is 520 g/mol. The Hall–Kier alpha value is -4.08. The second kappa shape index (κ2) is 9.88. The molecule has 182 valence electrons. The maximum absolute atomic E-state index is 12.8. The van der Waals surface area contributed by atoms with Crippen LogP contribution < -0.4 is 14.8 Å². The highest BCUT2D eigenvalue weighted by Crippen LogP contribution is 2.27. The summed E-state index contributed by atoms with van der Waals surface area (Å²) in [5, 5.41) is 8.31. The highest BCUT2D eigenvalue weighted by molar-refractivity contribution is 7.92. The van der Waals surface area contributed by atoms with Gasteiger partial charge in [-0.25, -0.2) is 8.42 Å². The smallest absolute Gasteiger partial charge is 0.261 e. The van der Waals surface area contributed by atoms with Crippen LogP contribution >= 0.6 is 11.6 Å². The first-order valence-corrected chi connectivity index (χ1v) is 12.9. The zero-order valence-electron chi connectivity index (χ0n) is 19.2. The minimum atomic E-state index is -3.80. The van der Waals surface area contributed by atoms with Crippen molar-refractivity contribution >= 4 is 49.9 Å². The van der Waals surface area contributed by atoms with E-state index in [0.29, 0.717) is 34.3 Å². The molecule has 8 nitrogen and oxygen atoms in total. The van der Waals surface area contributed by atoms with Crippen molar-refractivity contribution < 1.29 is 13.2 Å². The van der Waals surface area contributed by atoms with Crippen LogP contribution in [-0.2, 0) is 16.6 Å². The van der Waals surface area contributed by atoms with Gasteiger partial charge in [-0.2, -0.15) is 5.10 Å². The SMILES string of the molecule is COc1ccc(Cn2nc(Nc3ccc(S(=O)(=O)Nc4ccccc4Cl)cc3)c3ncccc32)cc1. The fourth-order valence-corrected chi connectivity index (χ4v) is 5.04. The van der Waals surface area contributed by atoms with Crippen molar-refractivity contribution in [3.63, 3.8) is 0 Å². The molecule has 2 heterocycles. The molecule has 0 bridgehead atoms. The van der Waals surface area contributed by atoms with Gasteiger partial charge in [-0.3, -0.25) is 14.4 Å². The van der Waals surface area contributed by atoms with Crippen LogP contribution in [0.2, 0.25) is 5.02 Å². The van der Waals surface area contributed by atoms with Crippen molar-refractivity contribution in [1.82, 2.24) is 14.8 Å². The monoisotopic (exact) mass is 519 g/mol. The number of aromatic nitrogens is 3. The molecule has 3 aromatic carbocycles. The van der Waals surface area contributed by atoms with Gasteiger partial charge in [-0.05, 0) is 66.2 Å². The van der Waals surface area contributed by atoms with E-state index >= 15 is 0 Å². The summed E-state index contributed by atoms with van der Waals surface area (Å²) in [6.07, 6.45) is 1.71. The van der Waals surface area contributed by atoms with E-state index in [1.165, 1.54) is 12.1 Å². The van der Waals surface area contributed by atoms with E-state index in [-0.39, 0.29) is 4.90 Å². The molecule has 0 aliphatic carbocycles. The largest absolute Gasteiger partial charge is 0.497 e. The third kappa shape index (κ3) is 4.98. The molecule has 5 rings (SSSR count). The molecule has 0 aliphatic rings. The second-order valence-corrected chi connectivity index (χ2v) is 10.0. The Labute approximate surface area is 213 Å². The number of para-hydroxylation sites is 1. The Balaban J connectivity index is 1.37. The van der Waals surface area contributed by atoms with Gasteiger partial charge in [0.15, 0.2) is 5.82 Å². The molecule has 0 radical (unpaired) electrons. The summed E-state index contributed by atoms with van der Waals surface area (Å²) in [6.45, 7) is 0.554. The van der Waals surface area contributed by atoms with Gasteiger partial charge in [0.2, 0.25) is 0 Å². The lowest BCUT2D eigenvalue weighted by molar-refractivity contribution is 0.414. The van der Waals surface area contributed by atoms with E-state index in [1.807, 2.05) is 41.1 Å². The first-order valence-electron chi connectivity index (χ1n) is 11.0.